The molecule has 1 heterocycles. The summed E-state index contributed by atoms with van der Waals surface area (Å²) in [6, 6.07) is 9.61. The van der Waals surface area contributed by atoms with E-state index in [0.717, 1.165) is 10.4 Å². The lowest BCUT2D eigenvalue weighted by Crippen LogP contribution is -2.36. The molecule has 0 spiro atoms. The van der Waals surface area contributed by atoms with Crippen molar-refractivity contribution in [2.45, 2.75) is 14.7 Å². The van der Waals surface area contributed by atoms with Crippen LogP contribution >= 0.6 is 58.0 Å². The minimum atomic E-state index is -1.99. The van der Waals surface area contributed by atoms with E-state index in [1.54, 1.807) is 0 Å². The van der Waals surface area contributed by atoms with Crippen LogP contribution in [-0.4, -0.2) is 24.0 Å². The van der Waals surface area contributed by atoms with E-state index >= 15 is 0 Å². The van der Waals surface area contributed by atoms with Gasteiger partial charge in [-0.15, -0.1) is 15.0 Å². The summed E-state index contributed by atoms with van der Waals surface area (Å²) < 4.78 is -3.92. The highest BCUT2D eigenvalue weighted by atomic mass is 35.6. The normalized spacial score (nSPS) is 12.7. The third kappa shape index (κ3) is 3.44. The van der Waals surface area contributed by atoms with Crippen LogP contribution in [0.1, 0.15) is 11.4 Å². The van der Waals surface area contributed by atoms with E-state index in [9.17, 15) is 0 Å². The monoisotopic (exact) mass is 358 g/mol. The van der Waals surface area contributed by atoms with Crippen molar-refractivity contribution in [1.29, 1.82) is 0 Å². The molecular formula is C10H7Cl5N4. The van der Waals surface area contributed by atoms with Crippen molar-refractivity contribution in [2.75, 3.05) is 0 Å². The topological polar surface area (TPSA) is 43.6 Å². The summed E-state index contributed by atoms with van der Waals surface area (Å²) >= 11 is 28.8. The number of hydrogen-bond acceptors (Lipinski definition) is 3. The molecule has 0 N–H and O–H groups in total. The van der Waals surface area contributed by atoms with Gasteiger partial charge in [-0.1, -0.05) is 88.3 Å². The molecule has 1 aromatic carbocycles. The molecule has 0 aliphatic carbocycles. The van der Waals surface area contributed by atoms with Crippen LogP contribution in [0.2, 0.25) is 0 Å². The highest BCUT2D eigenvalue weighted by Gasteiger charge is 2.50. The van der Waals surface area contributed by atoms with Crippen LogP contribution in [-0.2, 0) is 10.9 Å². The van der Waals surface area contributed by atoms with Gasteiger partial charge < -0.3 is 0 Å². The van der Waals surface area contributed by atoms with Gasteiger partial charge in [-0.3, -0.25) is 0 Å². The fourth-order valence-electron chi connectivity index (χ4n) is 1.32. The van der Waals surface area contributed by atoms with E-state index < -0.39 is 8.25 Å². The molecule has 0 radical (unpaired) electrons. The van der Waals surface area contributed by atoms with Crippen LogP contribution in [0.3, 0.4) is 0 Å². The Labute approximate surface area is 134 Å². The Hall–Kier alpha value is -0.260. The molecule has 102 valence electrons. The predicted octanol–water partition coefficient (Wildman–Crippen LogP) is 3.72. The lowest BCUT2D eigenvalue weighted by Gasteiger charge is -2.24. The van der Waals surface area contributed by atoms with Gasteiger partial charge in [0.25, 0.3) is 4.46 Å². The van der Waals surface area contributed by atoms with Gasteiger partial charge >= 0.3 is 0 Å². The SMILES string of the molecule is ClC(Cl)(Cl)C(Cl)(Cl)n1nnc(Cc2ccccc2)n1. The average Bonchev–Trinajstić information content (AvgIpc) is 2.78. The Bertz CT molecular complexity index is 549. The molecule has 0 aliphatic heterocycles. The second-order valence-electron chi connectivity index (χ2n) is 3.70. The van der Waals surface area contributed by atoms with E-state index in [1.807, 2.05) is 30.3 Å². The third-order valence-electron chi connectivity index (χ3n) is 2.25. The first-order chi connectivity index (χ1) is 8.80. The lowest BCUT2D eigenvalue weighted by atomic mass is 10.1. The summed E-state index contributed by atoms with van der Waals surface area (Å²) in [6.45, 7) is 0. The quantitative estimate of drug-likeness (QED) is 0.784. The Kier molecular flexibility index (Phi) is 4.48. The van der Waals surface area contributed by atoms with Crippen LogP contribution in [0.5, 0.6) is 0 Å². The number of hydrogen-bond donors (Lipinski definition) is 0. The number of benzene rings is 1. The first-order valence-corrected chi connectivity index (χ1v) is 6.97. The Balaban J connectivity index is 2.20. The number of rotatable bonds is 3. The Morgan fingerprint density at radius 2 is 1.63 bits per heavy atom. The maximum absolute atomic E-state index is 5.92. The molecule has 2 rings (SSSR count). The van der Waals surface area contributed by atoms with Crippen LogP contribution in [0.4, 0.5) is 0 Å². The van der Waals surface area contributed by atoms with Crippen molar-refractivity contribution in [3.8, 4) is 0 Å². The number of aromatic nitrogens is 4. The second-order valence-corrected chi connectivity index (χ2v) is 7.27. The molecule has 1 aromatic heterocycles. The maximum atomic E-state index is 5.92. The molecule has 0 aliphatic rings. The van der Waals surface area contributed by atoms with Crippen molar-refractivity contribution in [1.82, 2.24) is 20.2 Å². The molecule has 19 heavy (non-hydrogen) atoms. The van der Waals surface area contributed by atoms with Gasteiger partial charge in [0.1, 0.15) is 0 Å². The molecule has 0 fully saturated rings. The first kappa shape index (κ1) is 15.1. The summed E-state index contributed by atoms with van der Waals surface area (Å²) in [6.07, 6.45) is 0.477. The van der Waals surface area contributed by atoms with Crippen molar-refractivity contribution in [2.24, 2.45) is 0 Å². The van der Waals surface area contributed by atoms with Gasteiger partial charge in [-0.05, 0) is 10.8 Å². The fraction of sp³-hybridized carbons (Fsp3) is 0.300. The van der Waals surface area contributed by atoms with Crippen molar-refractivity contribution in [3.05, 3.63) is 41.7 Å². The minimum absolute atomic E-state index is 0.422. The van der Waals surface area contributed by atoms with Gasteiger partial charge in [-0.2, -0.15) is 0 Å². The highest BCUT2D eigenvalue weighted by Crippen LogP contribution is 2.48. The van der Waals surface area contributed by atoms with Gasteiger partial charge in [0.2, 0.25) is 3.79 Å². The number of nitrogens with zero attached hydrogens (tertiary/aromatic N) is 4. The molecule has 9 heteroatoms. The number of tetrazole rings is 1. The van der Waals surface area contributed by atoms with Gasteiger partial charge in [0.05, 0.1) is 0 Å². The maximum Gasteiger partial charge on any atom is 0.276 e. The number of alkyl halides is 5. The zero-order valence-corrected chi connectivity index (χ0v) is 13.1. The van der Waals surface area contributed by atoms with E-state index in [-0.39, 0.29) is 0 Å². The molecule has 0 bridgehead atoms. The van der Waals surface area contributed by atoms with Crippen molar-refractivity contribution < 1.29 is 0 Å². The van der Waals surface area contributed by atoms with Crippen LogP contribution < -0.4 is 0 Å². The molecule has 0 unspecified atom stereocenters. The number of halogens is 5. The molecule has 4 nitrogen and oxygen atoms in total. The third-order valence-corrected chi connectivity index (χ3v) is 4.52. The van der Waals surface area contributed by atoms with Gasteiger partial charge in [-0.25, -0.2) is 0 Å². The average molecular weight is 360 g/mol. The first-order valence-electron chi connectivity index (χ1n) is 5.08. The summed E-state index contributed by atoms with van der Waals surface area (Å²) in [5.74, 6) is 0.422. The lowest BCUT2D eigenvalue weighted by molar-refractivity contribution is 0.459. The van der Waals surface area contributed by atoms with Crippen LogP contribution in [0.15, 0.2) is 30.3 Å². The Morgan fingerprint density at radius 3 is 2.21 bits per heavy atom. The zero-order chi connectivity index (χ0) is 14.1. The van der Waals surface area contributed by atoms with E-state index in [0.29, 0.717) is 12.2 Å². The van der Waals surface area contributed by atoms with Crippen molar-refractivity contribution >= 4 is 58.0 Å². The van der Waals surface area contributed by atoms with Gasteiger partial charge in [0, 0.05) is 6.42 Å². The highest BCUT2D eigenvalue weighted by molar-refractivity contribution is 6.74. The molecule has 2 aromatic rings. The largest absolute Gasteiger partial charge is 0.276 e. The smallest absolute Gasteiger partial charge is 0.133 e. The van der Waals surface area contributed by atoms with E-state index in [4.69, 9.17) is 58.0 Å². The molecule has 0 amide bonds. The van der Waals surface area contributed by atoms with E-state index in [1.165, 1.54) is 0 Å². The standard InChI is InChI=1S/C10H7Cl5N4/c11-9(12,13)10(14,15)19-17-8(16-18-19)6-7-4-2-1-3-5-7/h1-5H,6H2. The molecular weight excluding hydrogens is 353 g/mol. The molecule has 0 saturated carbocycles. The second kappa shape index (κ2) is 5.62. The summed E-state index contributed by atoms with van der Waals surface area (Å²) in [4.78, 5) is 0.876. The van der Waals surface area contributed by atoms with Crippen molar-refractivity contribution in [3.63, 3.8) is 0 Å². The summed E-state index contributed by atoms with van der Waals surface area (Å²) in [7, 11) is 0. The fourth-order valence-corrected chi connectivity index (χ4v) is 1.69. The van der Waals surface area contributed by atoms with E-state index in [2.05, 4.69) is 15.4 Å². The Morgan fingerprint density at radius 1 is 1.00 bits per heavy atom. The van der Waals surface area contributed by atoms with Gasteiger partial charge in [0.15, 0.2) is 5.82 Å². The van der Waals surface area contributed by atoms with Crippen LogP contribution in [0.25, 0.3) is 0 Å². The minimum Gasteiger partial charge on any atom is -0.133 e. The zero-order valence-electron chi connectivity index (χ0n) is 9.27. The predicted molar refractivity (Wildman–Crippen MR) is 77.0 cm³/mol. The van der Waals surface area contributed by atoms with Crippen LogP contribution in [0, 0.1) is 0 Å². The molecule has 0 atom stereocenters. The summed E-state index contributed by atoms with van der Waals surface area (Å²) in [5.41, 5.74) is 1.02. The summed E-state index contributed by atoms with van der Waals surface area (Å²) in [5, 5.41) is 11.6. The molecule has 0 saturated heterocycles.